The molecule has 2 bridgehead atoms. The van der Waals surface area contributed by atoms with Gasteiger partial charge in [-0.25, -0.2) is 0 Å². The summed E-state index contributed by atoms with van der Waals surface area (Å²) >= 11 is 0. The second-order valence-corrected chi connectivity index (χ2v) is 3.78. The SMILES string of the molecule is CN1C2CCCC1(N)COC2. The zero-order valence-electron chi connectivity index (χ0n) is 7.05. The molecule has 2 aliphatic rings. The molecule has 64 valence electrons. The van der Waals surface area contributed by atoms with Crippen LogP contribution in [0, 0.1) is 0 Å². The lowest BCUT2D eigenvalue weighted by molar-refractivity contribution is -0.115. The Labute approximate surface area is 67.5 Å². The van der Waals surface area contributed by atoms with Gasteiger partial charge in [-0.2, -0.15) is 0 Å². The molecule has 11 heavy (non-hydrogen) atoms. The van der Waals surface area contributed by atoms with Gasteiger partial charge in [-0.05, 0) is 26.3 Å². The van der Waals surface area contributed by atoms with Gasteiger partial charge in [0.25, 0.3) is 0 Å². The van der Waals surface area contributed by atoms with Crippen LogP contribution in [0.3, 0.4) is 0 Å². The Kier molecular flexibility index (Phi) is 1.67. The van der Waals surface area contributed by atoms with Crippen LogP contribution in [0.5, 0.6) is 0 Å². The third-order valence-electron chi connectivity index (χ3n) is 3.06. The second-order valence-electron chi connectivity index (χ2n) is 3.78. The first-order chi connectivity index (χ1) is 5.22. The Morgan fingerprint density at radius 2 is 2.45 bits per heavy atom. The van der Waals surface area contributed by atoms with Gasteiger partial charge in [-0.1, -0.05) is 0 Å². The first kappa shape index (κ1) is 7.53. The van der Waals surface area contributed by atoms with Crippen molar-refractivity contribution in [3.63, 3.8) is 0 Å². The van der Waals surface area contributed by atoms with Gasteiger partial charge in [0.05, 0.1) is 18.9 Å². The molecule has 2 rings (SSSR count). The van der Waals surface area contributed by atoms with Crippen molar-refractivity contribution in [3.05, 3.63) is 0 Å². The smallest absolute Gasteiger partial charge is 0.0928 e. The molecule has 0 amide bonds. The summed E-state index contributed by atoms with van der Waals surface area (Å²) in [7, 11) is 2.12. The minimum atomic E-state index is -0.152. The van der Waals surface area contributed by atoms with Crippen LogP contribution >= 0.6 is 0 Å². The third-order valence-corrected chi connectivity index (χ3v) is 3.06. The largest absolute Gasteiger partial charge is 0.377 e. The third kappa shape index (κ3) is 1.08. The predicted octanol–water partition coefficient (Wildman–Crippen LogP) is 0.156. The number of hydrogen-bond acceptors (Lipinski definition) is 3. The molecule has 0 saturated carbocycles. The highest BCUT2D eigenvalue weighted by Crippen LogP contribution is 2.30. The molecule has 0 aliphatic carbocycles. The molecular formula is C8H16N2O. The quantitative estimate of drug-likeness (QED) is 0.543. The van der Waals surface area contributed by atoms with Crippen molar-refractivity contribution in [2.75, 3.05) is 20.3 Å². The first-order valence-electron chi connectivity index (χ1n) is 4.32. The van der Waals surface area contributed by atoms with E-state index in [1.165, 1.54) is 12.8 Å². The van der Waals surface area contributed by atoms with Gasteiger partial charge < -0.3 is 10.5 Å². The molecule has 0 aromatic carbocycles. The lowest BCUT2D eigenvalue weighted by Gasteiger charge is -2.50. The van der Waals surface area contributed by atoms with E-state index in [1.807, 2.05) is 0 Å². The highest BCUT2D eigenvalue weighted by molar-refractivity contribution is 4.94. The summed E-state index contributed by atoms with van der Waals surface area (Å²) in [6, 6.07) is 0.572. The van der Waals surface area contributed by atoms with E-state index in [0.29, 0.717) is 12.6 Å². The van der Waals surface area contributed by atoms with Crippen molar-refractivity contribution < 1.29 is 4.74 Å². The summed E-state index contributed by atoms with van der Waals surface area (Å²) < 4.78 is 5.44. The number of morpholine rings is 1. The van der Waals surface area contributed by atoms with Gasteiger partial charge >= 0.3 is 0 Å². The fraction of sp³-hybridized carbons (Fsp3) is 1.00. The van der Waals surface area contributed by atoms with Gasteiger partial charge in [0.2, 0.25) is 0 Å². The highest BCUT2D eigenvalue weighted by Gasteiger charge is 2.41. The first-order valence-corrected chi connectivity index (χ1v) is 4.32. The molecule has 2 saturated heterocycles. The van der Waals surface area contributed by atoms with Gasteiger partial charge in [0, 0.05) is 6.04 Å². The fourth-order valence-corrected chi connectivity index (χ4v) is 2.12. The molecule has 0 spiro atoms. The van der Waals surface area contributed by atoms with E-state index in [1.54, 1.807) is 0 Å². The van der Waals surface area contributed by atoms with E-state index in [-0.39, 0.29) is 5.66 Å². The molecule has 2 unspecified atom stereocenters. The van der Waals surface area contributed by atoms with Crippen LogP contribution in [0.25, 0.3) is 0 Å². The molecule has 2 heterocycles. The lowest BCUT2D eigenvalue weighted by atomic mass is 9.90. The predicted molar refractivity (Wildman–Crippen MR) is 43.1 cm³/mol. The van der Waals surface area contributed by atoms with E-state index >= 15 is 0 Å². The molecule has 0 aromatic rings. The molecule has 0 radical (unpaired) electrons. The van der Waals surface area contributed by atoms with Crippen LogP contribution < -0.4 is 5.73 Å². The maximum absolute atomic E-state index is 6.14. The maximum atomic E-state index is 6.14. The number of rotatable bonds is 0. The molecule has 3 heteroatoms. The van der Waals surface area contributed by atoms with Gasteiger partial charge in [0.1, 0.15) is 0 Å². The molecule has 2 N–H and O–H groups in total. The maximum Gasteiger partial charge on any atom is 0.0928 e. The highest BCUT2D eigenvalue weighted by atomic mass is 16.5. The minimum Gasteiger partial charge on any atom is -0.377 e. The Morgan fingerprint density at radius 1 is 1.64 bits per heavy atom. The zero-order chi connectivity index (χ0) is 7.90. The number of likely N-dealkylation sites (N-methyl/N-ethyl adjacent to an activating group) is 1. The van der Waals surface area contributed by atoms with Crippen LogP contribution in [-0.2, 0) is 4.74 Å². The van der Waals surface area contributed by atoms with E-state index < -0.39 is 0 Å². The summed E-state index contributed by atoms with van der Waals surface area (Å²) in [5.41, 5.74) is 5.99. The second kappa shape index (κ2) is 2.44. The van der Waals surface area contributed by atoms with Gasteiger partial charge in [-0.3, -0.25) is 4.90 Å². The van der Waals surface area contributed by atoms with Crippen molar-refractivity contribution in [3.8, 4) is 0 Å². The Morgan fingerprint density at radius 3 is 3.09 bits per heavy atom. The summed E-state index contributed by atoms with van der Waals surface area (Å²) in [5, 5.41) is 0. The average molecular weight is 156 g/mol. The molecule has 0 aromatic heterocycles. The number of nitrogens with zero attached hydrogens (tertiary/aromatic N) is 1. The van der Waals surface area contributed by atoms with Crippen LogP contribution in [0.2, 0.25) is 0 Å². The van der Waals surface area contributed by atoms with E-state index in [9.17, 15) is 0 Å². The van der Waals surface area contributed by atoms with Crippen molar-refractivity contribution in [2.24, 2.45) is 5.73 Å². The van der Waals surface area contributed by atoms with Crippen LogP contribution in [0.1, 0.15) is 19.3 Å². The number of ether oxygens (including phenoxy) is 1. The Bertz CT molecular complexity index is 150. The Balaban J connectivity index is 2.17. The summed E-state index contributed by atoms with van der Waals surface area (Å²) in [6.07, 6.45) is 3.59. The normalized spacial score (nSPS) is 45.8. The van der Waals surface area contributed by atoms with Gasteiger partial charge in [-0.15, -0.1) is 0 Å². The standard InChI is InChI=1S/C8H16N2O/c1-10-7-3-2-4-8(10,9)6-11-5-7/h7H,2-6,9H2,1H3. The number of fused-ring (bicyclic) bond motifs is 2. The number of piperidine rings is 1. The van der Waals surface area contributed by atoms with Crippen molar-refractivity contribution in [1.29, 1.82) is 0 Å². The minimum absolute atomic E-state index is 0.152. The van der Waals surface area contributed by atoms with Crippen molar-refractivity contribution in [2.45, 2.75) is 31.0 Å². The van der Waals surface area contributed by atoms with Crippen molar-refractivity contribution >= 4 is 0 Å². The number of nitrogens with two attached hydrogens (primary N) is 1. The van der Waals surface area contributed by atoms with E-state index in [2.05, 4.69) is 11.9 Å². The lowest BCUT2D eigenvalue weighted by Crippen LogP contribution is -2.67. The van der Waals surface area contributed by atoms with E-state index in [4.69, 9.17) is 10.5 Å². The molecule has 2 aliphatic heterocycles. The molecule has 3 nitrogen and oxygen atoms in total. The fourth-order valence-electron chi connectivity index (χ4n) is 2.12. The monoisotopic (exact) mass is 156 g/mol. The summed E-state index contributed by atoms with van der Waals surface area (Å²) in [4.78, 5) is 2.29. The van der Waals surface area contributed by atoms with Gasteiger partial charge in [0.15, 0.2) is 0 Å². The van der Waals surface area contributed by atoms with Crippen LogP contribution in [0.4, 0.5) is 0 Å². The summed E-state index contributed by atoms with van der Waals surface area (Å²) in [5.74, 6) is 0. The molecule has 2 atom stereocenters. The molecular weight excluding hydrogens is 140 g/mol. The molecule has 2 fully saturated rings. The van der Waals surface area contributed by atoms with Crippen molar-refractivity contribution in [1.82, 2.24) is 4.90 Å². The van der Waals surface area contributed by atoms with Crippen LogP contribution in [-0.4, -0.2) is 36.9 Å². The zero-order valence-corrected chi connectivity index (χ0v) is 7.05. The average Bonchev–Trinajstić information content (AvgIpc) is 1.93. The van der Waals surface area contributed by atoms with Crippen LogP contribution in [0.15, 0.2) is 0 Å². The summed E-state index contributed by atoms with van der Waals surface area (Å²) in [6.45, 7) is 1.58. The topological polar surface area (TPSA) is 38.5 Å². The van der Waals surface area contributed by atoms with E-state index in [0.717, 1.165) is 13.0 Å². The number of hydrogen-bond donors (Lipinski definition) is 1. The Hall–Kier alpha value is -0.120.